The minimum absolute atomic E-state index is 0.0232. The maximum atomic E-state index is 11.9. The van der Waals surface area contributed by atoms with E-state index in [2.05, 4.69) is 42.3 Å². The first-order chi connectivity index (χ1) is 10.6. The maximum absolute atomic E-state index is 11.9. The quantitative estimate of drug-likeness (QED) is 0.789. The van der Waals surface area contributed by atoms with Crippen LogP contribution in [0.4, 0.5) is 5.69 Å². The summed E-state index contributed by atoms with van der Waals surface area (Å²) in [5, 5.41) is 3.82. The first kappa shape index (κ1) is 16.9. The van der Waals surface area contributed by atoms with Gasteiger partial charge in [0.2, 0.25) is 5.91 Å². The summed E-state index contributed by atoms with van der Waals surface area (Å²) >= 11 is 3.29. The molecule has 1 amide bonds. The fourth-order valence-electron chi connectivity index (χ4n) is 1.86. The van der Waals surface area contributed by atoms with Crippen molar-refractivity contribution in [3.8, 4) is 0 Å². The molecular weight excluding hydrogens is 312 g/mol. The molecule has 3 nitrogen and oxygen atoms in total. The highest BCUT2D eigenvalue weighted by molar-refractivity contribution is 7.99. The number of hydrogen-bond acceptors (Lipinski definition) is 4. The summed E-state index contributed by atoms with van der Waals surface area (Å²) in [4.78, 5) is 17.4. The summed E-state index contributed by atoms with van der Waals surface area (Å²) in [5.41, 5.74) is 3.33. The summed E-state index contributed by atoms with van der Waals surface area (Å²) in [5.74, 6) is 0.792. The number of benzene rings is 1. The van der Waals surface area contributed by atoms with Crippen LogP contribution < -0.4 is 5.32 Å². The molecule has 1 N–H and O–H groups in total. The zero-order valence-corrected chi connectivity index (χ0v) is 14.7. The van der Waals surface area contributed by atoms with Crippen LogP contribution in [0.5, 0.6) is 0 Å². The number of thioether (sulfide) groups is 2. The predicted molar refractivity (Wildman–Crippen MR) is 95.9 cm³/mol. The Labute approximate surface area is 140 Å². The van der Waals surface area contributed by atoms with Crippen LogP contribution in [-0.4, -0.2) is 22.9 Å². The summed E-state index contributed by atoms with van der Waals surface area (Å²) in [7, 11) is 0. The molecule has 5 heteroatoms. The number of aryl methyl sites for hydroxylation is 2. The van der Waals surface area contributed by atoms with Crippen LogP contribution in [0.25, 0.3) is 0 Å². The number of nitrogens with zero attached hydrogens (tertiary/aromatic N) is 1. The third kappa shape index (κ3) is 5.07. The lowest BCUT2D eigenvalue weighted by Gasteiger charge is -2.07. The third-order valence-electron chi connectivity index (χ3n) is 3.31. The van der Waals surface area contributed by atoms with Gasteiger partial charge >= 0.3 is 0 Å². The van der Waals surface area contributed by atoms with Crippen molar-refractivity contribution in [3.63, 3.8) is 0 Å². The van der Waals surface area contributed by atoms with E-state index in [9.17, 15) is 4.79 Å². The molecule has 0 fully saturated rings. The lowest BCUT2D eigenvalue weighted by Crippen LogP contribution is -2.12. The average Bonchev–Trinajstić information content (AvgIpc) is 2.51. The van der Waals surface area contributed by atoms with Gasteiger partial charge in [-0.15, -0.1) is 23.5 Å². The molecule has 22 heavy (non-hydrogen) atoms. The van der Waals surface area contributed by atoms with Crippen molar-refractivity contribution in [2.45, 2.75) is 30.2 Å². The molecule has 0 bridgehead atoms. The molecule has 0 saturated heterocycles. The number of nitrogens with one attached hydrogen (secondary N) is 1. The zero-order valence-electron chi connectivity index (χ0n) is 13.1. The molecule has 1 aromatic carbocycles. The first-order valence-corrected chi connectivity index (χ1v) is 9.29. The Morgan fingerprint density at radius 3 is 2.64 bits per heavy atom. The minimum Gasteiger partial charge on any atom is -0.325 e. The molecule has 0 unspecified atom stereocenters. The second kappa shape index (κ2) is 8.25. The van der Waals surface area contributed by atoms with Crippen molar-refractivity contribution in [2.75, 3.05) is 17.3 Å². The second-order valence-electron chi connectivity index (χ2n) is 4.98. The number of pyridine rings is 1. The number of carbonyl (C=O) groups excluding carboxylic acids is 1. The van der Waals surface area contributed by atoms with Crippen LogP contribution >= 0.6 is 23.5 Å². The fourth-order valence-corrected chi connectivity index (χ4v) is 3.17. The normalized spacial score (nSPS) is 10.5. The minimum atomic E-state index is 0.0232. The Morgan fingerprint density at radius 2 is 2.00 bits per heavy atom. The Kier molecular flexibility index (Phi) is 6.34. The highest BCUT2D eigenvalue weighted by Gasteiger charge is 2.04. The van der Waals surface area contributed by atoms with Crippen LogP contribution in [0.15, 0.2) is 46.5 Å². The van der Waals surface area contributed by atoms with Gasteiger partial charge in [-0.25, -0.2) is 4.98 Å². The van der Waals surface area contributed by atoms with Gasteiger partial charge in [0.25, 0.3) is 0 Å². The van der Waals surface area contributed by atoms with Gasteiger partial charge in [-0.05, 0) is 55.5 Å². The molecule has 0 aliphatic heterocycles. The van der Waals surface area contributed by atoms with Crippen molar-refractivity contribution in [2.24, 2.45) is 0 Å². The van der Waals surface area contributed by atoms with Crippen molar-refractivity contribution >= 4 is 35.1 Å². The molecule has 0 atom stereocenters. The molecule has 2 rings (SSSR count). The number of carbonyl (C=O) groups is 1. The Bertz CT molecular complexity index is 642. The van der Waals surface area contributed by atoms with Gasteiger partial charge < -0.3 is 5.32 Å². The first-order valence-electron chi connectivity index (χ1n) is 7.08. The molecule has 0 saturated carbocycles. The van der Waals surface area contributed by atoms with Crippen LogP contribution in [-0.2, 0) is 4.79 Å². The molecule has 1 aromatic heterocycles. The smallest absolute Gasteiger partial charge is 0.225 e. The van der Waals surface area contributed by atoms with E-state index in [4.69, 9.17) is 0 Å². The Hall–Kier alpha value is -1.46. The molecule has 1 heterocycles. The maximum Gasteiger partial charge on any atom is 0.225 e. The number of anilines is 1. The number of amides is 1. The summed E-state index contributed by atoms with van der Waals surface area (Å²) in [6.07, 6.45) is 4.16. The van der Waals surface area contributed by atoms with E-state index in [0.717, 1.165) is 16.5 Å². The SMILES string of the molecule is CSc1ccc(NC(=O)CCSc2ccc(C)c(C)c2)cn1. The standard InChI is InChI=1S/C17H20N2OS2/c1-12-4-6-15(10-13(12)2)22-9-8-16(20)19-14-5-7-17(21-3)18-11-14/h4-7,10-11H,8-9H2,1-3H3,(H,19,20). The Balaban J connectivity index is 1.78. The van der Waals surface area contributed by atoms with Gasteiger partial charge in [-0.1, -0.05) is 6.07 Å². The molecule has 0 spiro atoms. The van der Waals surface area contributed by atoms with Crippen molar-refractivity contribution < 1.29 is 4.79 Å². The molecule has 0 aliphatic rings. The lowest BCUT2D eigenvalue weighted by atomic mass is 10.1. The van der Waals surface area contributed by atoms with Gasteiger partial charge in [0.15, 0.2) is 0 Å². The average molecular weight is 332 g/mol. The highest BCUT2D eigenvalue weighted by Crippen LogP contribution is 2.22. The monoisotopic (exact) mass is 332 g/mol. The predicted octanol–water partition coefficient (Wildman–Crippen LogP) is 4.54. The third-order valence-corrected chi connectivity index (χ3v) is 4.96. The highest BCUT2D eigenvalue weighted by atomic mass is 32.2. The number of rotatable bonds is 6. The fraction of sp³-hybridized carbons (Fsp3) is 0.294. The largest absolute Gasteiger partial charge is 0.325 e. The van der Waals surface area contributed by atoms with Gasteiger partial charge in [0.05, 0.1) is 16.9 Å². The van der Waals surface area contributed by atoms with E-state index in [0.29, 0.717) is 6.42 Å². The van der Waals surface area contributed by atoms with Crippen LogP contribution in [0.2, 0.25) is 0 Å². The van der Waals surface area contributed by atoms with Crippen LogP contribution in [0.3, 0.4) is 0 Å². The van der Waals surface area contributed by atoms with Crippen molar-refractivity contribution in [3.05, 3.63) is 47.7 Å². The number of hydrogen-bond donors (Lipinski definition) is 1. The molecule has 0 aliphatic carbocycles. The van der Waals surface area contributed by atoms with Gasteiger partial charge in [-0.3, -0.25) is 4.79 Å². The van der Waals surface area contributed by atoms with E-state index in [1.807, 2.05) is 18.4 Å². The van der Waals surface area contributed by atoms with Crippen LogP contribution in [0, 0.1) is 13.8 Å². The van der Waals surface area contributed by atoms with E-state index in [-0.39, 0.29) is 5.91 Å². The Morgan fingerprint density at radius 1 is 1.18 bits per heavy atom. The van der Waals surface area contributed by atoms with Crippen molar-refractivity contribution in [1.29, 1.82) is 0 Å². The van der Waals surface area contributed by atoms with Gasteiger partial charge in [0.1, 0.15) is 0 Å². The van der Waals surface area contributed by atoms with E-state index >= 15 is 0 Å². The van der Waals surface area contributed by atoms with E-state index in [1.165, 1.54) is 16.0 Å². The van der Waals surface area contributed by atoms with Gasteiger partial charge in [0, 0.05) is 17.1 Å². The summed E-state index contributed by atoms with van der Waals surface area (Å²) < 4.78 is 0. The molecule has 2 aromatic rings. The van der Waals surface area contributed by atoms with Gasteiger partial charge in [-0.2, -0.15) is 0 Å². The second-order valence-corrected chi connectivity index (χ2v) is 6.98. The topological polar surface area (TPSA) is 42.0 Å². The molecule has 116 valence electrons. The summed E-state index contributed by atoms with van der Waals surface area (Å²) in [6.45, 7) is 4.21. The van der Waals surface area contributed by atoms with E-state index < -0.39 is 0 Å². The lowest BCUT2D eigenvalue weighted by molar-refractivity contribution is -0.115. The van der Waals surface area contributed by atoms with Crippen molar-refractivity contribution in [1.82, 2.24) is 4.98 Å². The molecule has 0 radical (unpaired) electrons. The zero-order chi connectivity index (χ0) is 15.9. The van der Waals surface area contributed by atoms with Crippen LogP contribution in [0.1, 0.15) is 17.5 Å². The number of aromatic nitrogens is 1. The summed E-state index contributed by atoms with van der Waals surface area (Å²) in [6, 6.07) is 10.2. The molecular formula is C17H20N2OS2. The van der Waals surface area contributed by atoms with E-state index in [1.54, 1.807) is 29.7 Å².